The molecule has 1 aromatic carbocycles. The van der Waals surface area contributed by atoms with Gasteiger partial charge >= 0.3 is 0 Å². The highest BCUT2D eigenvalue weighted by Gasteiger charge is 2.25. The first-order chi connectivity index (χ1) is 10.1. The van der Waals surface area contributed by atoms with Gasteiger partial charge in [-0.2, -0.15) is 0 Å². The number of hydrogen-bond donors (Lipinski definition) is 1. The lowest BCUT2D eigenvalue weighted by Crippen LogP contribution is -2.40. The Morgan fingerprint density at radius 1 is 1.24 bits per heavy atom. The third-order valence-corrected chi connectivity index (χ3v) is 5.41. The van der Waals surface area contributed by atoms with Crippen molar-refractivity contribution in [3.63, 3.8) is 0 Å². The van der Waals surface area contributed by atoms with Crippen molar-refractivity contribution in [3.05, 3.63) is 34.9 Å². The molecular formula is C18H29ClN2. The van der Waals surface area contributed by atoms with E-state index >= 15 is 0 Å². The van der Waals surface area contributed by atoms with Gasteiger partial charge in [-0.05, 0) is 51.4 Å². The molecule has 0 saturated heterocycles. The summed E-state index contributed by atoms with van der Waals surface area (Å²) in [4.78, 5) is 2.46. The van der Waals surface area contributed by atoms with Crippen molar-refractivity contribution in [3.8, 4) is 0 Å². The van der Waals surface area contributed by atoms with E-state index in [1.807, 2.05) is 12.1 Å². The molecule has 3 atom stereocenters. The molecule has 3 heteroatoms. The highest BCUT2D eigenvalue weighted by atomic mass is 35.5. The van der Waals surface area contributed by atoms with Gasteiger partial charge in [0.05, 0.1) is 0 Å². The summed E-state index contributed by atoms with van der Waals surface area (Å²) in [6.07, 6.45) is 6.78. The van der Waals surface area contributed by atoms with Crippen molar-refractivity contribution < 1.29 is 0 Å². The molecule has 1 N–H and O–H groups in total. The summed E-state index contributed by atoms with van der Waals surface area (Å²) in [6, 6.07) is 9.23. The predicted octanol–water partition coefficient (Wildman–Crippen LogP) is 4.50. The van der Waals surface area contributed by atoms with Crippen LogP contribution in [0.5, 0.6) is 0 Å². The van der Waals surface area contributed by atoms with Crippen molar-refractivity contribution in [2.75, 3.05) is 20.6 Å². The summed E-state index contributed by atoms with van der Waals surface area (Å²) >= 11 is 6.35. The number of hydrogen-bond acceptors (Lipinski definition) is 2. The van der Waals surface area contributed by atoms with Gasteiger partial charge < -0.3 is 5.32 Å². The second-order valence-corrected chi connectivity index (χ2v) is 6.84. The van der Waals surface area contributed by atoms with Gasteiger partial charge in [0.25, 0.3) is 0 Å². The lowest BCUT2D eigenvalue weighted by atomic mass is 9.93. The lowest BCUT2D eigenvalue weighted by Gasteiger charge is -2.33. The van der Waals surface area contributed by atoms with Crippen molar-refractivity contribution in [1.82, 2.24) is 10.2 Å². The zero-order valence-electron chi connectivity index (χ0n) is 13.6. The molecule has 0 spiro atoms. The van der Waals surface area contributed by atoms with Gasteiger partial charge in [-0.25, -0.2) is 0 Å². The Morgan fingerprint density at radius 2 is 1.95 bits per heavy atom. The Balaban J connectivity index is 2.02. The van der Waals surface area contributed by atoms with E-state index in [2.05, 4.69) is 43.4 Å². The molecule has 2 nitrogen and oxygen atoms in total. The average Bonchev–Trinajstić information content (AvgIpc) is 2.72. The molecule has 0 heterocycles. The van der Waals surface area contributed by atoms with Crippen LogP contribution in [0.3, 0.4) is 0 Å². The number of rotatable bonds is 5. The minimum atomic E-state index is 0.361. The molecule has 0 amide bonds. The fourth-order valence-electron chi connectivity index (χ4n) is 3.56. The molecule has 21 heavy (non-hydrogen) atoms. The number of halogens is 1. The summed E-state index contributed by atoms with van der Waals surface area (Å²) in [5, 5.41) is 4.41. The minimum Gasteiger partial charge on any atom is -0.317 e. The summed E-state index contributed by atoms with van der Waals surface area (Å²) in [7, 11) is 4.34. The maximum absolute atomic E-state index is 6.35. The van der Waals surface area contributed by atoms with Crippen LogP contribution in [0.2, 0.25) is 5.02 Å². The predicted molar refractivity (Wildman–Crippen MR) is 91.9 cm³/mol. The molecule has 118 valence electrons. The standard InChI is InChI=1S/C18H29ClN2/c1-14(16-10-7-8-11-17(16)19)21(3)13-15-9-5-4-6-12-18(15)20-2/h7-8,10-11,14-15,18,20H,4-6,9,12-13H2,1-3H3. The van der Waals surface area contributed by atoms with Crippen LogP contribution in [0.25, 0.3) is 0 Å². The van der Waals surface area contributed by atoms with Crippen LogP contribution in [0.15, 0.2) is 24.3 Å². The minimum absolute atomic E-state index is 0.361. The third-order valence-electron chi connectivity index (χ3n) is 5.07. The molecule has 0 aliphatic heterocycles. The molecule has 3 unspecified atom stereocenters. The van der Waals surface area contributed by atoms with Crippen LogP contribution >= 0.6 is 11.6 Å². The monoisotopic (exact) mass is 308 g/mol. The quantitative estimate of drug-likeness (QED) is 0.806. The smallest absolute Gasteiger partial charge is 0.0453 e. The highest BCUT2D eigenvalue weighted by molar-refractivity contribution is 6.31. The van der Waals surface area contributed by atoms with Crippen molar-refractivity contribution >= 4 is 11.6 Å². The first kappa shape index (κ1) is 16.8. The lowest BCUT2D eigenvalue weighted by molar-refractivity contribution is 0.188. The van der Waals surface area contributed by atoms with E-state index in [0.717, 1.165) is 17.5 Å². The molecule has 1 aromatic rings. The zero-order valence-corrected chi connectivity index (χ0v) is 14.4. The van der Waals surface area contributed by atoms with Gasteiger partial charge in [-0.1, -0.05) is 49.1 Å². The Morgan fingerprint density at radius 3 is 2.67 bits per heavy atom. The summed E-state index contributed by atoms with van der Waals surface area (Å²) in [6.45, 7) is 3.39. The van der Waals surface area contributed by atoms with E-state index in [-0.39, 0.29) is 0 Å². The summed E-state index contributed by atoms with van der Waals surface area (Å²) < 4.78 is 0. The summed E-state index contributed by atoms with van der Waals surface area (Å²) in [5.41, 5.74) is 1.23. The average molecular weight is 309 g/mol. The zero-order chi connectivity index (χ0) is 15.2. The Hall–Kier alpha value is -0.570. The fraction of sp³-hybridized carbons (Fsp3) is 0.667. The first-order valence-electron chi connectivity index (χ1n) is 8.25. The van der Waals surface area contributed by atoms with Crippen LogP contribution < -0.4 is 5.32 Å². The van der Waals surface area contributed by atoms with E-state index < -0.39 is 0 Å². The van der Waals surface area contributed by atoms with Gasteiger partial charge in [0.2, 0.25) is 0 Å². The van der Waals surface area contributed by atoms with Crippen molar-refractivity contribution in [2.45, 2.75) is 51.1 Å². The molecule has 1 aliphatic carbocycles. The maximum atomic E-state index is 6.35. The Labute approximate surface area is 134 Å². The summed E-state index contributed by atoms with van der Waals surface area (Å²) in [5.74, 6) is 0.743. The third kappa shape index (κ3) is 4.45. The molecule has 0 radical (unpaired) electrons. The van der Waals surface area contributed by atoms with Gasteiger partial charge in [0, 0.05) is 23.7 Å². The van der Waals surface area contributed by atoms with E-state index in [0.29, 0.717) is 12.1 Å². The fourth-order valence-corrected chi connectivity index (χ4v) is 3.86. The Bertz CT molecular complexity index is 435. The number of benzene rings is 1. The van der Waals surface area contributed by atoms with Crippen LogP contribution in [0.1, 0.15) is 50.6 Å². The first-order valence-corrected chi connectivity index (χ1v) is 8.63. The Kier molecular flexibility index (Phi) is 6.53. The maximum Gasteiger partial charge on any atom is 0.0453 e. The molecule has 1 saturated carbocycles. The van der Waals surface area contributed by atoms with Gasteiger partial charge in [-0.15, -0.1) is 0 Å². The van der Waals surface area contributed by atoms with Crippen molar-refractivity contribution in [2.24, 2.45) is 5.92 Å². The van der Waals surface area contributed by atoms with E-state index in [4.69, 9.17) is 11.6 Å². The molecule has 1 aliphatic rings. The van der Waals surface area contributed by atoms with Crippen molar-refractivity contribution in [1.29, 1.82) is 0 Å². The van der Waals surface area contributed by atoms with E-state index in [1.54, 1.807) is 0 Å². The van der Waals surface area contributed by atoms with Gasteiger partial charge in [0.15, 0.2) is 0 Å². The van der Waals surface area contributed by atoms with Crippen LogP contribution in [-0.2, 0) is 0 Å². The molecule has 0 bridgehead atoms. The molecular weight excluding hydrogens is 280 g/mol. The topological polar surface area (TPSA) is 15.3 Å². The van der Waals surface area contributed by atoms with Crippen LogP contribution in [0, 0.1) is 5.92 Å². The van der Waals surface area contributed by atoms with Crippen LogP contribution in [0.4, 0.5) is 0 Å². The SMILES string of the molecule is CNC1CCCCCC1CN(C)C(C)c1ccccc1Cl. The largest absolute Gasteiger partial charge is 0.317 e. The van der Waals surface area contributed by atoms with Gasteiger partial charge in [-0.3, -0.25) is 4.90 Å². The van der Waals surface area contributed by atoms with E-state index in [9.17, 15) is 0 Å². The molecule has 0 aromatic heterocycles. The molecule has 1 fully saturated rings. The van der Waals surface area contributed by atoms with Crippen LogP contribution in [-0.4, -0.2) is 31.6 Å². The second kappa shape index (κ2) is 8.17. The number of nitrogens with zero attached hydrogens (tertiary/aromatic N) is 1. The highest BCUT2D eigenvalue weighted by Crippen LogP contribution is 2.29. The van der Waals surface area contributed by atoms with Gasteiger partial charge in [0.1, 0.15) is 0 Å². The molecule has 2 rings (SSSR count). The normalized spacial score (nSPS) is 24.8. The van der Waals surface area contributed by atoms with E-state index in [1.165, 1.54) is 37.7 Å². The second-order valence-electron chi connectivity index (χ2n) is 6.43. The number of nitrogens with one attached hydrogen (secondary N) is 1.